The van der Waals surface area contributed by atoms with E-state index in [0.717, 1.165) is 36.7 Å². The van der Waals surface area contributed by atoms with E-state index in [9.17, 15) is 9.59 Å². The Kier molecular flexibility index (Phi) is 5.08. The Morgan fingerprint density at radius 1 is 1.29 bits per heavy atom. The molecule has 3 rings (SSSR count). The van der Waals surface area contributed by atoms with Crippen molar-refractivity contribution in [1.82, 2.24) is 20.1 Å². The van der Waals surface area contributed by atoms with Crippen LogP contribution in [-0.2, 0) is 4.79 Å². The van der Waals surface area contributed by atoms with Gasteiger partial charge in [-0.15, -0.1) is 11.3 Å². The third-order valence-electron chi connectivity index (χ3n) is 4.25. The number of amides is 3. The zero-order chi connectivity index (χ0) is 17.1. The normalized spacial score (nSPS) is 17.7. The summed E-state index contributed by atoms with van der Waals surface area (Å²) in [6, 6.07) is 7.62. The van der Waals surface area contributed by atoms with Gasteiger partial charge in [0.2, 0.25) is 5.91 Å². The van der Waals surface area contributed by atoms with Gasteiger partial charge in [0.05, 0.1) is 22.8 Å². The molecule has 0 saturated carbocycles. The maximum absolute atomic E-state index is 11.6. The molecule has 0 bridgehead atoms. The number of rotatable bonds is 4. The Morgan fingerprint density at radius 3 is 2.67 bits per heavy atom. The van der Waals surface area contributed by atoms with E-state index < -0.39 is 6.03 Å². The molecule has 0 spiro atoms. The first-order valence-corrected chi connectivity index (χ1v) is 8.76. The number of piperazine rings is 1. The van der Waals surface area contributed by atoms with Crippen LogP contribution in [0.5, 0.6) is 0 Å². The second kappa shape index (κ2) is 7.25. The fourth-order valence-electron chi connectivity index (χ4n) is 2.91. The number of nitrogens with one attached hydrogen (secondary N) is 1. The minimum Gasteiger partial charge on any atom is -0.351 e. The second-order valence-corrected chi connectivity index (χ2v) is 6.98. The number of carbonyl (C=O) groups is 2. The van der Waals surface area contributed by atoms with Gasteiger partial charge < -0.3 is 5.73 Å². The number of primary amides is 1. The molecule has 1 aliphatic rings. The topological polar surface area (TPSA) is 91.6 Å². The van der Waals surface area contributed by atoms with Gasteiger partial charge in [-0.1, -0.05) is 12.1 Å². The van der Waals surface area contributed by atoms with Crippen LogP contribution >= 0.6 is 11.3 Å². The standard InChI is InChI=1S/C16H21N5O2S/c1-11(15-18-12-4-2-3-5-13(12)24-15)21-8-6-20(7-9-21)10-14(22)19-16(17)23/h2-5,11H,6-10H2,1H3,(H3,17,19,22,23)/t11-/m1/s1. The van der Waals surface area contributed by atoms with Crippen molar-refractivity contribution in [3.05, 3.63) is 29.3 Å². The van der Waals surface area contributed by atoms with Crippen molar-refractivity contribution in [2.75, 3.05) is 32.7 Å². The van der Waals surface area contributed by atoms with E-state index in [-0.39, 0.29) is 18.5 Å². The Morgan fingerprint density at radius 2 is 2.00 bits per heavy atom. The quantitative estimate of drug-likeness (QED) is 0.866. The molecular weight excluding hydrogens is 326 g/mol. The fourth-order valence-corrected chi connectivity index (χ4v) is 3.97. The molecule has 1 atom stereocenters. The molecule has 1 aromatic heterocycles. The molecule has 1 aliphatic heterocycles. The number of urea groups is 1. The highest BCUT2D eigenvalue weighted by Gasteiger charge is 2.25. The number of nitrogens with zero attached hydrogens (tertiary/aromatic N) is 3. The summed E-state index contributed by atoms with van der Waals surface area (Å²) in [6.45, 7) is 5.66. The summed E-state index contributed by atoms with van der Waals surface area (Å²) in [7, 11) is 0. The van der Waals surface area contributed by atoms with E-state index in [1.807, 2.05) is 23.1 Å². The summed E-state index contributed by atoms with van der Waals surface area (Å²) in [6.07, 6.45) is 0. The van der Waals surface area contributed by atoms with E-state index in [1.54, 1.807) is 11.3 Å². The number of thiazole rings is 1. The van der Waals surface area contributed by atoms with Crippen molar-refractivity contribution < 1.29 is 9.59 Å². The third kappa shape index (κ3) is 3.89. The molecule has 1 aromatic carbocycles. The number of imide groups is 1. The predicted octanol–water partition coefficient (Wildman–Crippen LogP) is 1.17. The lowest BCUT2D eigenvalue weighted by Gasteiger charge is -2.36. The zero-order valence-electron chi connectivity index (χ0n) is 13.6. The molecule has 24 heavy (non-hydrogen) atoms. The summed E-state index contributed by atoms with van der Waals surface area (Å²) in [5.41, 5.74) is 6.00. The van der Waals surface area contributed by atoms with E-state index >= 15 is 0 Å². The van der Waals surface area contributed by atoms with E-state index in [0.29, 0.717) is 0 Å². The molecule has 3 N–H and O–H groups in total. The van der Waals surface area contributed by atoms with Gasteiger partial charge in [0.25, 0.3) is 0 Å². The maximum atomic E-state index is 11.6. The van der Waals surface area contributed by atoms with Crippen LogP contribution in [0.15, 0.2) is 24.3 Å². The van der Waals surface area contributed by atoms with E-state index in [4.69, 9.17) is 10.7 Å². The Hall–Kier alpha value is -2.03. The fraction of sp³-hybridized carbons (Fsp3) is 0.438. The minimum absolute atomic E-state index is 0.201. The van der Waals surface area contributed by atoms with Gasteiger partial charge in [-0.3, -0.25) is 19.9 Å². The third-order valence-corrected chi connectivity index (χ3v) is 5.46. The van der Waals surface area contributed by atoms with Crippen molar-refractivity contribution in [3.8, 4) is 0 Å². The van der Waals surface area contributed by atoms with E-state index in [1.165, 1.54) is 4.70 Å². The first kappa shape index (κ1) is 16.8. The van der Waals surface area contributed by atoms with Gasteiger partial charge in [0.15, 0.2) is 0 Å². The summed E-state index contributed by atoms with van der Waals surface area (Å²) in [4.78, 5) is 31.4. The van der Waals surface area contributed by atoms with Crippen LogP contribution in [0.2, 0.25) is 0 Å². The van der Waals surface area contributed by atoms with Crippen molar-refractivity contribution in [3.63, 3.8) is 0 Å². The Bertz CT molecular complexity index is 706. The van der Waals surface area contributed by atoms with Crippen LogP contribution < -0.4 is 11.1 Å². The van der Waals surface area contributed by atoms with Crippen molar-refractivity contribution in [1.29, 1.82) is 0 Å². The Labute approximate surface area is 144 Å². The molecule has 0 aliphatic carbocycles. The minimum atomic E-state index is -0.803. The second-order valence-electron chi connectivity index (χ2n) is 5.92. The average Bonchev–Trinajstić information content (AvgIpc) is 2.98. The summed E-state index contributed by atoms with van der Waals surface area (Å²) < 4.78 is 1.21. The average molecular weight is 347 g/mol. The van der Waals surface area contributed by atoms with Crippen molar-refractivity contribution in [2.45, 2.75) is 13.0 Å². The predicted molar refractivity (Wildman–Crippen MR) is 93.8 cm³/mol. The first-order chi connectivity index (χ1) is 11.5. The number of fused-ring (bicyclic) bond motifs is 1. The molecule has 1 saturated heterocycles. The van der Waals surface area contributed by atoms with Gasteiger partial charge in [0.1, 0.15) is 5.01 Å². The highest BCUT2D eigenvalue weighted by atomic mass is 32.1. The number of para-hydroxylation sites is 1. The van der Waals surface area contributed by atoms with Crippen LogP contribution in [-0.4, -0.2) is 59.4 Å². The number of aromatic nitrogens is 1. The molecule has 2 aromatic rings. The highest BCUT2D eigenvalue weighted by Crippen LogP contribution is 2.29. The van der Waals surface area contributed by atoms with Crippen LogP contribution in [0.1, 0.15) is 18.0 Å². The van der Waals surface area contributed by atoms with E-state index in [2.05, 4.69) is 23.2 Å². The molecule has 8 heteroatoms. The van der Waals surface area contributed by atoms with Gasteiger partial charge in [-0.2, -0.15) is 0 Å². The summed E-state index contributed by atoms with van der Waals surface area (Å²) >= 11 is 1.74. The molecule has 128 valence electrons. The zero-order valence-corrected chi connectivity index (χ0v) is 14.4. The molecular formula is C16H21N5O2S. The smallest absolute Gasteiger partial charge is 0.318 e. The lowest BCUT2D eigenvalue weighted by Crippen LogP contribution is -2.50. The molecule has 0 radical (unpaired) electrons. The van der Waals surface area contributed by atoms with Crippen molar-refractivity contribution in [2.24, 2.45) is 5.73 Å². The van der Waals surface area contributed by atoms with Gasteiger partial charge in [-0.25, -0.2) is 9.78 Å². The van der Waals surface area contributed by atoms with Gasteiger partial charge in [0, 0.05) is 26.2 Å². The SMILES string of the molecule is C[C@H](c1nc2ccccc2s1)N1CCN(CC(=O)NC(N)=O)CC1. The number of carbonyl (C=O) groups excluding carboxylic acids is 2. The van der Waals surface area contributed by atoms with Gasteiger partial charge in [-0.05, 0) is 19.1 Å². The van der Waals surface area contributed by atoms with Crippen molar-refractivity contribution >= 4 is 33.5 Å². The number of hydrogen-bond donors (Lipinski definition) is 2. The Balaban J connectivity index is 1.56. The van der Waals surface area contributed by atoms with Crippen LogP contribution in [0.3, 0.4) is 0 Å². The van der Waals surface area contributed by atoms with Crippen LogP contribution in [0, 0.1) is 0 Å². The summed E-state index contributed by atoms with van der Waals surface area (Å²) in [5, 5.41) is 3.22. The van der Waals surface area contributed by atoms with Crippen LogP contribution in [0.25, 0.3) is 10.2 Å². The van der Waals surface area contributed by atoms with Gasteiger partial charge >= 0.3 is 6.03 Å². The maximum Gasteiger partial charge on any atom is 0.318 e. The number of benzene rings is 1. The first-order valence-electron chi connectivity index (χ1n) is 7.94. The number of hydrogen-bond acceptors (Lipinski definition) is 6. The summed E-state index contributed by atoms with van der Waals surface area (Å²) in [5.74, 6) is -0.352. The molecule has 0 unspecified atom stereocenters. The van der Waals surface area contributed by atoms with Crippen LogP contribution in [0.4, 0.5) is 4.79 Å². The molecule has 2 heterocycles. The lowest BCUT2D eigenvalue weighted by atomic mass is 10.2. The molecule has 1 fully saturated rings. The molecule has 3 amide bonds. The lowest BCUT2D eigenvalue weighted by molar-refractivity contribution is -0.121. The molecule has 7 nitrogen and oxygen atoms in total. The monoisotopic (exact) mass is 347 g/mol. The largest absolute Gasteiger partial charge is 0.351 e. The highest BCUT2D eigenvalue weighted by molar-refractivity contribution is 7.18. The number of nitrogens with two attached hydrogens (primary N) is 1.